The van der Waals surface area contributed by atoms with Gasteiger partial charge in [-0.05, 0) is 46.4 Å². The number of fused-ring (bicyclic) bond motifs is 1. The maximum Gasteiger partial charge on any atom is 0.0975 e. The summed E-state index contributed by atoms with van der Waals surface area (Å²) in [5, 5.41) is 12.2. The van der Waals surface area contributed by atoms with Gasteiger partial charge in [0.15, 0.2) is 0 Å². The van der Waals surface area contributed by atoms with Gasteiger partial charge in [-0.25, -0.2) is 0 Å². The molecule has 1 fully saturated rings. The maximum absolute atomic E-state index is 11.1. The fourth-order valence-electron chi connectivity index (χ4n) is 5.76. The van der Waals surface area contributed by atoms with Gasteiger partial charge >= 0.3 is 0 Å². The van der Waals surface area contributed by atoms with Gasteiger partial charge in [0.25, 0.3) is 0 Å². The van der Waals surface area contributed by atoms with E-state index in [2.05, 4.69) is 119 Å². The van der Waals surface area contributed by atoms with E-state index in [9.17, 15) is 5.11 Å². The van der Waals surface area contributed by atoms with Crippen molar-refractivity contribution in [3.8, 4) is 0 Å². The van der Waals surface area contributed by atoms with Crippen LogP contribution in [0.3, 0.4) is 0 Å². The number of para-hydroxylation sites is 1. The molecule has 1 aliphatic heterocycles. The van der Waals surface area contributed by atoms with Crippen molar-refractivity contribution in [1.82, 2.24) is 9.88 Å². The summed E-state index contributed by atoms with van der Waals surface area (Å²) in [5.74, 6) is 0. The van der Waals surface area contributed by atoms with Crippen LogP contribution < -0.4 is 0 Å². The van der Waals surface area contributed by atoms with Crippen molar-refractivity contribution in [1.29, 1.82) is 0 Å². The minimum Gasteiger partial charge on any atom is -0.389 e. The standard InChI is InChI=1S/C34H30N2O/c37-33-20-21-36(25-28(33)23-26-22-27-12-10-11-19-32(27)35-24-26)34(29-13-4-1-5-14-29,30-15-6-2-7-16-30)31-17-8-3-9-18-31/h1-19,22-24,33,37H,20-21,25H2/b28-23+. The van der Waals surface area contributed by atoms with Gasteiger partial charge in [0.1, 0.15) is 0 Å². The SMILES string of the molecule is OC1CCN(C(c2ccccc2)(c2ccccc2)c2ccccc2)C/C1=C\c1cnc2ccccc2c1. The summed E-state index contributed by atoms with van der Waals surface area (Å²) in [5.41, 5.74) is 6.16. The van der Waals surface area contributed by atoms with Gasteiger partial charge in [0.05, 0.1) is 17.2 Å². The zero-order chi connectivity index (χ0) is 25.1. The lowest BCUT2D eigenvalue weighted by Crippen LogP contribution is -2.52. The fraction of sp³-hybridized carbons (Fsp3) is 0.147. The van der Waals surface area contributed by atoms with Crippen molar-refractivity contribution < 1.29 is 5.11 Å². The Morgan fingerprint density at radius 2 is 1.27 bits per heavy atom. The average Bonchev–Trinajstić information content (AvgIpc) is 2.97. The number of nitrogens with zero attached hydrogens (tertiary/aromatic N) is 2. The first-order chi connectivity index (χ1) is 18.2. The number of pyridine rings is 1. The number of piperidine rings is 1. The molecule has 182 valence electrons. The van der Waals surface area contributed by atoms with E-state index in [4.69, 9.17) is 0 Å². The second kappa shape index (κ2) is 10.1. The summed E-state index contributed by atoms with van der Waals surface area (Å²) in [6.07, 6.45) is 4.21. The smallest absolute Gasteiger partial charge is 0.0975 e. The van der Waals surface area contributed by atoms with Crippen molar-refractivity contribution in [2.24, 2.45) is 0 Å². The second-order valence-corrected chi connectivity index (χ2v) is 9.72. The number of likely N-dealkylation sites (tertiary alicyclic amines) is 1. The van der Waals surface area contributed by atoms with Gasteiger partial charge < -0.3 is 5.11 Å². The van der Waals surface area contributed by atoms with E-state index < -0.39 is 11.6 Å². The van der Waals surface area contributed by atoms with Crippen LogP contribution in [0, 0.1) is 0 Å². The molecule has 2 heterocycles. The first kappa shape index (κ1) is 23.4. The summed E-state index contributed by atoms with van der Waals surface area (Å²) in [6.45, 7) is 1.42. The highest BCUT2D eigenvalue weighted by atomic mass is 16.3. The van der Waals surface area contributed by atoms with Gasteiger partial charge in [-0.1, -0.05) is 115 Å². The Hall–Kier alpha value is -4.05. The molecule has 1 saturated heterocycles. The minimum atomic E-state index is -0.495. The molecule has 3 heteroatoms. The van der Waals surface area contributed by atoms with E-state index in [1.54, 1.807) is 0 Å². The highest BCUT2D eigenvalue weighted by Crippen LogP contribution is 2.44. The molecule has 0 amide bonds. The number of aromatic nitrogens is 1. The topological polar surface area (TPSA) is 36.4 Å². The van der Waals surface area contributed by atoms with E-state index >= 15 is 0 Å². The Morgan fingerprint density at radius 1 is 0.730 bits per heavy atom. The van der Waals surface area contributed by atoms with E-state index in [-0.39, 0.29) is 0 Å². The van der Waals surface area contributed by atoms with Gasteiger partial charge in [0, 0.05) is 24.7 Å². The molecule has 1 aromatic heterocycles. The number of benzene rings is 4. The molecule has 1 N–H and O–H groups in total. The van der Waals surface area contributed by atoms with Crippen LogP contribution in [0.15, 0.2) is 133 Å². The lowest BCUT2D eigenvalue weighted by Gasteiger charge is -2.48. The molecule has 0 bridgehead atoms. The van der Waals surface area contributed by atoms with Crippen LogP contribution in [0.4, 0.5) is 0 Å². The second-order valence-electron chi connectivity index (χ2n) is 9.72. The van der Waals surface area contributed by atoms with Crippen LogP contribution in [-0.4, -0.2) is 34.2 Å². The zero-order valence-electron chi connectivity index (χ0n) is 20.7. The Labute approximate surface area is 218 Å². The van der Waals surface area contributed by atoms with Crippen LogP contribution in [0.5, 0.6) is 0 Å². The Bertz CT molecular complexity index is 1420. The van der Waals surface area contributed by atoms with Crippen molar-refractivity contribution in [3.05, 3.63) is 155 Å². The van der Waals surface area contributed by atoms with Gasteiger partial charge in [-0.15, -0.1) is 0 Å². The van der Waals surface area contributed by atoms with Gasteiger partial charge in [-0.3, -0.25) is 9.88 Å². The molecule has 5 aromatic rings. The Balaban J connectivity index is 1.50. The third kappa shape index (κ3) is 4.37. The van der Waals surface area contributed by atoms with Crippen molar-refractivity contribution in [3.63, 3.8) is 0 Å². The minimum absolute atomic E-state index is 0.484. The summed E-state index contributed by atoms with van der Waals surface area (Å²) in [4.78, 5) is 7.17. The normalized spacial score (nSPS) is 17.8. The summed E-state index contributed by atoms with van der Waals surface area (Å²) >= 11 is 0. The number of hydrogen-bond acceptors (Lipinski definition) is 3. The van der Waals surface area contributed by atoms with Gasteiger partial charge in [0.2, 0.25) is 0 Å². The summed E-state index contributed by atoms with van der Waals surface area (Å²) < 4.78 is 0. The highest BCUT2D eigenvalue weighted by Gasteiger charge is 2.44. The van der Waals surface area contributed by atoms with Crippen LogP contribution in [0.25, 0.3) is 17.0 Å². The third-order valence-electron chi connectivity index (χ3n) is 7.49. The lowest BCUT2D eigenvalue weighted by atomic mass is 9.74. The largest absolute Gasteiger partial charge is 0.389 e. The predicted octanol–water partition coefficient (Wildman–Crippen LogP) is 6.68. The van der Waals surface area contributed by atoms with Crippen LogP contribution in [-0.2, 0) is 5.54 Å². The number of aliphatic hydroxyl groups excluding tert-OH is 1. The molecule has 4 aromatic carbocycles. The van der Waals surface area contributed by atoms with Gasteiger partial charge in [-0.2, -0.15) is 0 Å². The van der Waals surface area contributed by atoms with Crippen molar-refractivity contribution in [2.45, 2.75) is 18.1 Å². The van der Waals surface area contributed by atoms with E-state index in [1.807, 2.05) is 24.4 Å². The molecule has 3 nitrogen and oxygen atoms in total. The molecule has 0 aliphatic carbocycles. The molecule has 37 heavy (non-hydrogen) atoms. The van der Waals surface area contributed by atoms with E-state index in [0.717, 1.165) is 28.6 Å². The molecular formula is C34H30N2O. The first-order valence-corrected chi connectivity index (χ1v) is 12.9. The number of hydrogen-bond donors (Lipinski definition) is 1. The monoisotopic (exact) mass is 482 g/mol. The predicted molar refractivity (Wildman–Crippen MR) is 151 cm³/mol. The maximum atomic E-state index is 11.1. The molecule has 6 rings (SSSR count). The molecule has 0 spiro atoms. The Kier molecular flexibility index (Phi) is 6.40. The summed E-state index contributed by atoms with van der Waals surface area (Å²) in [7, 11) is 0. The molecule has 1 aliphatic rings. The van der Waals surface area contributed by atoms with E-state index in [0.29, 0.717) is 13.0 Å². The highest BCUT2D eigenvalue weighted by molar-refractivity contribution is 5.80. The molecule has 1 unspecified atom stereocenters. The zero-order valence-corrected chi connectivity index (χ0v) is 20.7. The molecule has 1 atom stereocenters. The van der Waals surface area contributed by atoms with Crippen molar-refractivity contribution >= 4 is 17.0 Å². The average molecular weight is 483 g/mol. The third-order valence-corrected chi connectivity index (χ3v) is 7.49. The molecule has 0 radical (unpaired) electrons. The molecular weight excluding hydrogens is 452 g/mol. The van der Waals surface area contributed by atoms with Crippen molar-refractivity contribution in [2.75, 3.05) is 13.1 Å². The lowest BCUT2D eigenvalue weighted by molar-refractivity contribution is 0.0872. The van der Waals surface area contributed by atoms with E-state index in [1.165, 1.54) is 16.7 Å². The van der Waals surface area contributed by atoms with Crippen LogP contribution in [0.2, 0.25) is 0 Å². The number of rotatable bonds is 5. The molecule has 0 saturated carbocycles. The fourth-order valence-corrected chi connectivity index (χ4v) is 5.76. The summed E-state index contributed by atoms with van der Waals surface area (Å²) in [6, 6.07) is 42.6. The first-order valence-electron chi connectivity index (χ1n) is 12.9. The number of aliphatic hydroxyl groups is 1. The Morgan fingerprint density at radius 3 is 1.86 bits per heavy atom. The van der Waals surface area contributed by atoms with Crippen LogP contribution in [0.1, 0.15) is 28.7 Å². The van der Waals surface area contributed by atoms with Crippen LogP contribution >= 0.6 is 0 Å². The quantitative estimate of drug-likeness (QED) is 0.284.